The Bertz CT molecular complexity index is 448. The molecule has 0 aliphatic rings. The molecule has 3 heteroatoms. The Morgan fingerprint density at radius 2 is 2.16 bits per heavy atom. The summed E-state index contributed by atoms with van der Waals surface area (Å²) in [5, 5.41) is 9.12. The van der Waals surface area contributed by atoms with Gasteiger partial charge in [-0.1, -0.05) is 36.4 Å². The number of nitrogens with zero attached hydrogens (tertiary/aromatic N) is 1. The van der Waals surface area contributed by atoms with Crippen LogP contribution in [0.1, 0.15) is 18.9 Å². The molecule has 0 aliphatic carbocycles. The molecule has 100 valence electrons. The summed E-state index contributed by atoms with van der Waals surface area (Å²) in [4.78, 5) is 11.7. The first-order valence-corrected chi connectivity index (χ1v) is 6.45. The van der Waals surface area contributed by atoms with Crippen molar-refractivity contribution in [3.63, 3.8) is 0 Å². The smallest absolute Gasteiger partial charge is 0.323 e. The Hall–Kier alpha value is -2.08. The van der Waals surface area contributed by atoms with Crippen molar-refractivity contribution in [2.24, 2.45) is 11.8 Å². The average molecular weight is 257 g/mol. The highest BCUT2D eigenvalue weighted by Crippen LogP contribution is 2.21. The second kappa shape index (κ2) is 8.10. The quantitative estimate of drug-likeness (QED) is 0.557. The van der Waals surface area contributed by atoms with Gasteiger partial charge in [-0.2, -0.15) is 5.26 Å². The van der Waals surface area contributed by atoms with E-state index in [9.17, 15) is 4.79 Å². The molecule has 1 rings (SSSR count). The number of carbonyl (C=O) groups is 1. The lowest BCUT2D eigenvalue weighted by atomic mass is 9.88. The van der Waals surface area contributed by atoms with Crippen LogP contribution in [0.3, 0.4) is 0 Å². The zero-order valence-corrected chi connectivity index (χ0v) is 11.2. The summed E-state index contributed by atoms with van der Waals surface area (Å²) in [5.41, 5.74) is 1.19. The van der Waals surface area contributed by atoms with Crippen molar-refractivity contribution < 1.29 is 9.53 Å². The van der Waals surface area contributed by atoms with Crippen LogP contribution in [0.5, 0.6) is 0 Å². The fraction of sp³-hybridized carbons (Fsp3) is 0.375. The number of allylic oxidation sites excluding steroid dienone is 1. The number of hydrogen-bond donors (Lipinski definition) is 0. The van der Waals surface area contributed by atoms with Crippen LogP contribution in [0.2, 0.25) is 0 Å². The normalized spacial score (nSPS) is 13.1. The van der Waals surface area contributed by atoms with Crippen molar-refractivity contribution in [2.45, 2.75) is 19.8 Å². The molecule has 0 saturated carbocycles. The summed E-state index contributed by atoms with van der Waals surface area (Å²) >= 11 is 0. The Balaban J connectivity index is 2.64. The third-order valence-electron chi connectivity index (χ3n) is 3.02. The van der Waals surface area contributed by atoms with Crippen LogP contribution < -0.4 is 0 Å². The maximum absolute atomic E-state index is 11.7. The molecule has 2 unspecified atom stereocenters. The molecule has 0 bridgehead atoms. The lowest BCUT2D eigenvalue weighted by Crippen LogP contribution is -2.24. The number of nitriles is 1. The fourth-order valence-corrected chi connectivity index (χ4v) is 1.95. The van der Waals surface area contributed by atoms with Crippen LogP contribution in [0.25, 0.3) is 0 Å². The number of aryl methyl sites for hydroxylation is 1. The van der Waals surface area contributed by atoms with Crippen molar-refractivity contribution in [1.29, 1.82) is 5.26 Å². The molecule has 0 radical (unpaired) electrons. The number of hydrogen-bond acceptors (Lipinski definition) is 3. The van der Waals surface area contributed by atoms with E-state index in [1.807, 2.05) is 36.4 Å². The van der Waals surface area contributed by atoms with Gasteiger partial charge in [0, 0.05) is 5.92 Å². The molecular weight excluding hydrogens is 238 g/mol. The van der Waals surface area contributed by atoms with Crippen LogP contribution in [-0.2, 0) is 16.0 Å². The molecule has 2 atom stereocenters. The van der Waals surface area contributed by atoms with E-state index < -0.39 is 11.9 Å². The number of ether oxygens (including phenoxy) is 1. The van der Waals surface area contributed by atoms with E-state index in [0.29, 0.717) is 13.0 Å². The molecule has 0 fully saturated rings. The molecule has 0 amide bonds. The van der Waals surface area contributed by atoms with Crippen LogP contribution in [0.4, 0.5) is 0 Å². The van der Waals surface area contributed by atoms with Crippen LogP contribution in [0, 0.1) is 23.2 Å². The highest BCUT2D eigenvalue weighted by atomic mass is 16.5. The summed E-state index contributed by atoms with van der Waals surface area (Å²) in [5.74, 6) is -1.40. The fourth-order valence-electron chi connectivity index (χ4n) is 1.95. The van der Waals surface area contributed by atoms with Gasteiger partial charge in [-0.25, -0.2) is 0 Å². The van der Waals surface area contributed by atoms with E-state index in [0.717, 1.165) is 6.42 Å². The summed E-state index contributed by atoms with van der Waals surface area (Å²) < 4.78 is 4.92. The Labute approximate surface area is 114 Å². The van der Waals surface area contributed by atoms with Gasteiger partial charge in [0.1, 0.15) is 5.92 Å². The Kier molecular flexibility index (Phi) is 6.38. The molecule has 19 heavy (non-hydrogen) atoms. The van der Waals surface area contributed by atoms with Gasteiger partial charge in [-0.15, -0.1) is 6.58 Å². The Morgan fingerprint density at radius 1 is 1.47 bits per heavy atom. The van der Waals surface area contributed by atoms with Gasteiger partial charge < -0.3 is 4.74 Å². The maximum atomic E-state index is 11.7. The van der Waals surface area contributed by atoms with E-state index >= 15 is 0 Å². The van der Waals surface area contributed by atoms with Gasteiger partial charge in [-0.3, -0.25) is 4.79 Å². The Morgan fingerprint density at radius 3 is 2.68 bits per heavy atom. The minimum Gasteiger partial charge on any atom is -0.465 e. The molecule has 0 aromatic heterocycles. The number of benzene rings is 1. The number of esters is 1. The van der Waals surface area contributed by atoms with E-state index in [2.05, 4.69) is 6.58 Å². The highest BCUT2D eigenvalue weighted by molar-refractivity contribution is 5.75. The van der Waals surface area contributed by atoms with Crippen LogP contribution in [-0.4, -0.2) is 12.6 Å². The SMILES string of the molecule is C=CC(CCc1ccccc1)C(C#N)C(=O)OCC. The average Bonchev–Trinajstić information content (AvgIpc) is 2.44. The topological polar surface area (TPSA) is 50.1 Å². The zero-order chi connectivity index (χ0) is 14.1. The molecule has 1 aromatic carbocycles. The predicted octanol–water partition coefficient (Wildman–Crippen LogP) is 3.12. The molecule has 1 aromatic rings. The van der Waals surface area contributed by atoms with E-state index in [-0.39, 0.29) is 5.92 Å². The molecular formula is C16H19NO2. The van der Waals surface area contributed by atoms with Crippen molar-refractivity contribution in [1.82, 2.24) is 0 Å². The lowest BCUT2D eigenvalue weighted by molar-refractivity contribution is -0.147. The van der Waals surface area contributed by atoms with Crippen molar-refractivity contribution in [2.75, 3.05) is 6.61 Å². The summed E-state index contributed by atoms with van der Waals surface area (Å²) in [7, 11) is 0. The molecule has 0 saturated heterocycles. The van der Waals surface area contributed by atoms with Crippen LogP contribution in [0.15, 0.2) is 43.0 Å². The van der Waals surface area contributed by atoms with Crippen molar-refractivity contribution in [3.8, 4) is 6.07 Å². The van der Waals surface area contributed by atoms with Crippen molar-refractivity contribution >= 4 is 5.97 Å². The van der Waals surface area contributed by atoms with Gasteiger partial charge >= 0.3 is 5.97 Å². The first kappa shape index (κ1) is 15.0. The minimum absolute atomic E-state index is 0.177. The molecule has 0 heterocycles. The van der Waals surface area contributed by atoms with E-state index in [4.69, 9.17) is 10.00 Å². The van der Waals surface area contributed by atoms with E-state index in [1.54, 1.807) is 13.0 Å². The summed E-state index contributed by atoms with van der Waals surface area (Å²) in [6.07, 6.45) is 3.20. The molecule has 0 N–H and O–H groups in total. The first-order chi connectivity index (χ1) is 9.22. The van der Waals surface area contributed by atoms with E-state index in [1.165, 1.54) is 5.56 Å². The maximum Gasteiger partial charge on any atom is 0.323 e. The highest BCUT2D eigenvalue weighted by Gasteiger charge is 2.27. The molecule has 3 nitrogen and oxygen atoms in total. The van der Waals surface area contributed by atoms with Gasteiger partial charge in [-0.05, 0) is 25.3 Å². The van der Waals surface area contributed by atoms with Gasteiger partial charge in [0.15, 0.2) is 0 Å². The van der Waals surface area contributed by atoms with Gasteiger partial charge in [0.05, 0.1) is 12.7 Å². The second-order valence-corrected chi connectivity index (χ2v) is 4.28. The predicted molar refractivity (Wildman–Crippen MR) is 74.2 cm³/mol. The van der Waals surface area contributed by atoms with Crippen molar-refractivity contribution in [3.05, 3.63) is 48.6 Å². The minimum atomic E-state index is -0.763. The van der Waals surface area contributed by atoms with Gasteiger partial charge in [0.2, 0.25) is 0 Å². The zero-order valence-electron chi connectivity index (χ0n) is 11.2. The number of rotatable bonds is 7. The molecule has 0 spiro atoms. The summed E-state index contributed by atoms with van der Waals surface area (Å²) in [6.45, 7) is 5.75. The standard InChI is InChI=1S/C16H19NO2/c1-3-14(15(12-17)16(18)19-4-2)11-10-13-8-6-5-7-9-13/h3,5-9,14-15H,1,4,10-11H2,2H3. The summed E-state index contributed by atoms with van der Waals surface area (Å²) in [6, 6.07) is 12.0. The first-order valence-electron chi connectivity index (χ1n) is 6.45. The van der Waals surface area contributed by atoms with Crippen LogP contribution >= 0.6 is 0 Å². The third kappa shape index (κ3) is 4.59. The largest absolute Gasteiger partial charge is 0.465 e. The number of carbonyl (C=O) groups excluding carboxylic acids is 1. The van der Waals surface area contributed by atoms with Gasteiger partial charge in [0.25, 0.3) is 0 Å². The lowest BCUT2D eigenvalue weighted by Gasteiger charge is -2.17. The monoisotopic (exact) mass is 257 g/mol. The molecule has 0 aliphatic heterocycles. The third-order valence-corrected chi connectivity index (χ3v) is 3.02. The second-order valence-electron chi connectivity index (χ2n) is 4.28.